The third-order valence-corrected chi connectivity index (χ3v) is 3.66. The van der Waals surface area contributed by atoms with Crippen LogP contribution >= 0.6 is 0 Å². The fourth-order valence-electron chi connectivity index (χ4n) is 2.41. The van der Waals surface area contributed by atoms with E-state index >= 15 is 0 Å². The summed E-state index contributed by atoms with van der Waals surface area (Å²) in [5.41, 5.74) is 0. The van der Waals surface area contributed by atoms with Crippen molar-refractivity contribution in [3.8, 4) is 0 Å². The first-order chi connectivity index (χ1) is 9.13. The van der Waals surface area contributed by atoms with E-state index in [0.29, 0.717) is 0 Å². The molecule has 0 aliphatic heterocycles. The van der Waals surface area contributed by atoms with Crippen LogP contribution in [0.3, 0.4) is 0 Å². The van der Waals surface area contributed by atoms with E-state index in [1.54, 1.807) is 0 Å². The Morgan fingerprint density at radius 3 is 1.42 bits per heavy atom. The molecule has 0 atom stereocenters. The van der Waals surface area contributed by atoms with Crippen molar-refractivity contribution in [3.05, 3.63) is 0 Å². The smallest absolute Gasteiger partial charge is 0.247 e. The molecule has 0 aromatic carbocycles. The van der Waals surface area contributed by atoms with Crippen LogP contribution in [-0.2, 0) is 9.90 Å². The lowest BCUT2D eigenvalue weighted by Crippen LogP contribution is -1.91. The Balaban J connectivity index is 2.97. The van der Waals surface area contributed by atoms with Crippen molar-refractivity contribution < 1.29 is 9.90 Å². The summed E-state index contributed by atoms with van der Waals surface area (Å²) in [5.74, 6) is -0.0469. The van der Waals surface area contributed by atoms with Crippen LogP contribution in [0.5, 0.6) is 0 Å². The topological polar surface area (TPSA) is 37.0 Å². The lowest BCUT2D eigenvalue weighted by molar-refractivity contribution is -0.143. The van der Waals surface area contributed by atoms with Gasteiger partial charge in [0.2, 0.25) is 0 Å². The van der Waals surface area contributed by atoms with Crippen LogP contribution in [0.1, 0.15) is 97.3 Å². The van der Waals surface area contributed by atoms with Gasteiger partial charge >= 0.3 is 5.97 Å². The lowest BCUT2D eigenvalue weighted by Gasteiger charge is -2.04. The molecule has 1 radical (unpaired) electrons. The molecule has 0 fully saturated rings. The van der Waals surface area contributed by atoms with Crippen molar-refractivity contribution in [2.75, 3.05) is 0 Å². The number of carbonyl (C=O) groups is 1. The van der Waals surface area contributed by atoms with Crippen molar-refractivity contribution in [1.29, 1.82) is 0 Å². The SMILES string of the molecule is CC(C)CCCCCCCCCCCCCC([O])=O. The number of hydrogen-bond donors (Lipinski definition) is 0. The first-order valence-corrected chi connectivity index (χ1v) is 8.32. The molecular weight excluding hydrogens is 236 g/mol. The zero-order valence-electron chi connectivity index (χ0n) is 13.1. The van der Waals surface area contributed by atoms with Crippen molar-refractivity contribution in [2.45, 2.75) is 97.3 Å². The number of unbranched alkanes of at least 4 members (excludes halogenated alkanes) is 10. The van der Waals surface area contributed by atoms with E-state index in [1.807, 2.05) is 0 Å². The summed E-state index contributed by atoms with van der Waals surface area (Å²) >= 11 is 0. The van der Waals surface area contributed by atoms with Gasteiger partial charge in [-0.05, 0) is 12.3 Å². The third kappa shape index (κ3) is 17.5. The summed E-state index contributed by atoms with van der Waals surface area (Å²) in [7, 11) is 0. The summed E-state index contributed by atoms with van der Waals surface area (Å²) in [5, 5.41) is 10.2. The van der Waals surface area contributed by atoms with Gasteiger partial charge in [-0.25, -0.2) is 9.90 Å². The highest BCUT2D eigenvalue weighted by Crippen LogP contribution is 2.13. The average molecular weight is 269 g/mol. The van der Waals surface area contributed by atoms with Crippen LogP contribution in [0, 0.1) is 5.92 Å². The molecule has 113 valence electrons. The van der Waals surface area contributed by atoms with E-state index in [1.165, 1.54) is 64.2 Å². The van der Waals surface area contributed by atoms with Crippen LogP contribution in [0.2, 0.25) is 0 Å². The first-order valence-electron chi connectivity index (χ1n) is 8.32. The second kappa shape index (κ2) is 13.9. The maximum Gasteiger partial charge on any atom is 0.355 e. The molecule has 0 aromatic heterocycles. The predicted octanol–water partition coefficient (Wildman–Crippen LogP) is 5.67. The van der Waals surface area contributed by atoms with Crippen molar-refractivity contribution in [2.24, 2.45) is 5.92 Å². The molecule has 0 heterocycles. The largest absolute Gasteiger partial charge is 0.355 e. The van der Waals surface area contributed by atoms with Gasteiger partial charge in [-0.3, -0.25) is 0 Å². The standard InChI is InChI=1S/C17H33O2/c1-16(2)14-12-10-8-6-4-3-5-7-9-11-13-15-17(18)19/h16H,3-15H2,1-2H3. The highest BCUT2D eigenvalue weighted by molar-refractivity contribution is 5.66. The summed E-state index contributed by atoms with van der Waals surface area (Å²) in [6.07, 6.45) is 15.5. The molecule has 0 amide bonds. The minimum Gasteiger partial charge on any atom is -0.247 e. The molecule has 0 saturated carbocycles. The fraction of sp³-hybridized carbons (Fsp3) is 0.941. The van der Waals surface area contributed by atoms with Crippen molar-refractivity contribution in [1.82, 2.24) is 0 Å². The van der Waals surface area contributed by atoms with Gasteiger partial charge in [0.15, 0.2) is 0 Å². The lowest BCUT2D eigenvalue weighted by atomic mass is 10.0. The Kier molecular flexibility index (Phi) is 13.5. The van der Waals surface area contributed by atoms with Crippen LogP contribution in [0.25, 0.3) is 0 Å². The van der Waals surface area contributed by atoms with Gasteiger partial charge in [-0.15, -0.1) is 0 Å². The van der Waals surface area contributed by atoms with E-state index in [2.05, 4.69) is 13.8 Å². The molecular formula is C17H33O2. The number of rotatable bonds is 14. The maximum atomic E-state index is 10.2. The second-order valence-electron chi connectivity index (χ2n) is 6.19. The summed E-state index contributed by atoms with van der Waals surface area (Å²) < 4.78 is 0. The summed E-state index contributed by atoms with van der Waals surface area (Å²) in [6.45, 7) is 4.60. The molecule has 2 heteroatoms. The van der Waals surface area contributed by atoms with Gasteiger partial charge in [0.25, 0.3) is 0 Å². The molecule has 0 bridgehead atoms. The van der Waals surface area contributed by atoms with Crippen LogP contribution in [0.4, 0.5) is 0 Å². The van der Waals surface area contributed by atoms with Gasteiger partial charge < -0.3 is 0 Å². The normalized spacial score (nSPS) is 11.1. The molecule has 0 aliphatic rings. The van der Waals surface area contributed by atoms with Gasteiger partial charge in [-0.2, -0.15) is 0 Å². The molecule has 2 nitrogen and oxygen atoms in total. The van der Waals surface area contributed by atoms with Gasteiger partial charge in [-0.1, -0.05) is 84.5 Å². The summed E-state index contributed by atoms with van der Waals surface area (Å²) in [4.78, 5) is 10.2. The first kappa shape index (κ1) is 18.5. The molecule has 0 rings (SSSR count). The van der Waals surface area contributed by atoms with Crippen molar-refractivity contribution in [3.63, 3.8) is 0 Å². The van der Waals surface area contributed by atoms with Gasteiger partial charge in [0.05, 0.1) is 6.42 Å². The maximum absolute atomic E-state index is 10.2. The molecule has 19 heavy (non-hydrogen) atoms. The quantitative estimate of drug-likeness (QED) is 0.374. The monoisotopic (exact) mass is 269 g/mol. The zero-order valence-corrected chi connectivity index (χ0v) is 13.1. The zero-order chi connectivity index (χ0) is 14.3. The van der Waals surface area contributed by atoms with E-state index in [0.717, 1.165) is 18.8 Å². The molecule has 0 unspecified atom stereocenters. The Labute approximate surface area is 120 Å². The minimum atomic E-state index is -0.905. The van der Waals surface area contributed by atoms with Gasteiger partial charge in [0.1, 0.15) is 0 Å². The minimum absolute atomic E-state index is 0.233. The van der Waals surface area contributed by atoms with Crippen LogP contribution < -0.4 is 0 Å². The highest BCUT2D eigenvalue weighted by Gasteiger charge is 1.98. The Bertz CT molecular complexity index is 199. The van der Waals surface area contributed by atoms with E-state index in [4.69, 9.17) is 0 Å². The van der Waals surface area contributed by atoms with E-state index in [9.17, 15) is 9.90 Å². The second-order valence-corrected chi connectivity index (χ2v) is 6.19. The van der Waals surface area contributed by atoms with E-state index in [-0.39, 0.29) is 6.42 Å². The number of carbonyl (C=O) groups excluding carboxylic acids is 1. The fourth-order valence-corrected chi connectivity index (χ4v) is 2.41. The number of hydrogen-bond acceptors (Lipinski definition) is 1. The molecule has 0 aromatic rings. The Morgan fingerprint density at radius 2 is 1.05 bits per heavy atom. The Hall–Kier alpha value is -0.530. The highest BCUT2D eigenvalue weighted by atomic mass is 16.4. The molecule has 0 aliphatic carbocycles. The van der Waals surface area contributed by atoms with Crippen LogP contribution in [0.15, 0.2) is 0 Å². The Morgan fingerprint density at radius 1 is 0.684 bits per heavy atom. The average Bonchev–Trinajstić information content (AvgIpc) is 2.34. The van der Waals surface area contributed by atoms with Gasteiger partial charge in [0, 0.05) is 0 Å². The van der Waals surface area contributed by atoms with E-state index < -0.39 is 5.97 Å². The van der Waals surface area contributed by atoms with Crippen molar-refractivity contribution >= 4 is 5.97 Å². The molecule has 0 saturated heterocycles. The summed E-state index contributed by atoms with van der Waals surface area (Å²) in [6, 6.07) is 0. The predicted molar refractivity (Wildman–Crippen MR) is 80.6 cm³/mol. The molecule has 0 N–H and O–H groups in total. The van der Waals surface area contributed by atoms with Crippen LogP contribution in [-0.4, -0.2) is 5.97 Å². The third-order valence-electron chi connectivity index (χ3n) is 3.66. The molecule has 0 spiro atoms.